The quantitative estimate of drug-likeness (QED) is 0.261. The summed E-state index contributed by atoms with van der Waals surface area (Å²) in [5.74, 6) is -0.898. The second-order valence-corrected chi connectivity index (χ2v) is 11.2. The number of fused-ring (bicyclic) bond motifs is 1. The average molecular weight is 596 g/mol. The average Bonchev–Trinajstić information content (AvgIpc) is 3.83. The van der Waals surface area contributed by atoms with Gasteiger partial charge in [0.1, 0.15) is 23.9 Å². The van der Waals surface area contributed by atoms with Gasteiger partial charge in [-0.2, -0.15) is 0 Å². The van der Waals surface area contributed by atoms with Crippen molar-refractivity contribution in [2.45, 2.75) is 57.3 Å². The van der Waals surface area contributed by atoms with Crippen LogP contribution in [0.5, 0.6) is 5.75 Å². The maximum Gasteiger partial charge on any atom is 0.248 e. The molecule has 1 heterocycles. The molecular formula is C35H37N3O6. The van der Waals surface area contributed by atoms with Crippen molar-refractivity contribution < 1.29 is 28.7 Å². The van der Waals surface area contributed by atoms with E-state index in [-0.39, 0.29) is 24.5 Å². The Kier molecular flexibility index (Phi) is 9.55. The number of rotatable bonds is 13. The van der Waals surface area contributed by atoms with Crippen molar-refractivity contribution in [3.05, 3.63) is 107 Å². The van der Waals surface area contributed by atoms with E-state index in [2.05, 4.69) is 16.0 Å². The number of nitrogens with one attached hydrogen (secondary N) is 3. The van der Waals surface area contributed by atoms with Crippen LogP contribution in [0.25, 0.3) is 5.57 Å². The van der Waals surface area contributed by atoms with E-state index in [9.17, 15) is 19.2 Å². The number of carbonyl (C=O) groups is 4. The predicted octanol–water partition coefficient (Wildman–Crippen LogP) is 2.95. The second kappa shape index (κ2) is 13.7. The summed E-state index contributed by atoms with van der Waals surface area (Å²) in [7, 11) is 1.57. The van der Waals surface area contributed by atoms with E-state index in [4.69, 9.17) is 9.47 Å². The van der Waals surface area contributed by atoms with E-state index in [1.165, 1.54) is 0 Å². The molecule has 0 aromatic heterocycles. The lowest BCUT2D eigenvalue weighted by molar-refractivity contribution is -0.133. The summed E-state index contributed by atoms with van der Waals surface area (Å²) in [4.78, 5) is 53.4. The Morgan fingerprint density at radius 1 is 0.818 bits per heavy atom. The van der Waals surface area contributed by atoms with Crippen LogP contribution in [-0.2, 0) is 43.2 Å². The molecule has 228 valence electrons. The summed E-state index contributed by atoms with van der Waals surface area (Å²) in [6.45, 7) is 3.81. The number of amides is 3. The number of methoxy groups -OCH3 is 1. The van der Waals surface area contributed by atoms with Crippen LogP contribution < -0.4 is 20.7 Å². The SMILES string of the molecule is COc1ccc(C[C@H](NC(=O)[C@H](C)NC(=O)C2=C(C)c3ccccc3C2)C(=O)N[C@@H](Cc2ccccc2)C(=O)[C@H]2CO2)cc1. The third kappa shape index (κ3) is 7.41. The van der Waals surface area contributed by atoms with Crippen molar-refractivity contribution in [3.8, 4) is 5.75 Å². The molecule has 0 bridgehead atoms. The number of allylic oxidation sites excluding steroid dienone is 1. The van der Waals surface area contributed by atoms with Gasteiger partial charge in [0, 0.05) is 18.4 Å². The predicted molar refractivity (Wildman–Crippen MR) is 166 cm³/mol. The summed E-state index contributed by atoms with van der Waals surface area (Å²) in [6.07, 6.45) is 0.395. The standard InChI is InChI=1S/C35H37N3O6/c1-21-27-12-8-7-11-25(27)19-28(21)34(41)36-22(2)33(40)38-30(18-24-13-15-26(43-3)16-14-24)35(42)37-29(32(39)31-20-44-31)17-23-9-5-4-6-10-23/h4-16,22,29-31H,17-20H2,1-3H3,(H,36,41)(H,37,42)(H,38,40)/t22-,29-,30-,31+/m0/s1. The van der Waals surface area contributed by atoms with Crippen molar-refractivity contribution in [2.24, 2.45) is 0 Å². The topological polar surface area (TPSA) is 126 Å². The largest absolute Gasteiger partial charge is 0.497 e. The fourth-order valence-corrected chi connectivity index (χ4v) is 5.41. The highest BCUT2D eigenvalue weighted by molar-refractivity contribution is 6.05. The molecule has 0 saturated carbocycles. The number of benzene rings is 3. The lowest BCUT2D eigenvalue weighted by Gasteiger charge is -2.24. The number of carbonyl (C=O) groups excluding carboxylic acids is 4. The van der Waals surface area contributed by atoms with Crippen molar-refractivity contribution in [1.29, 1.82) is 0 Å². The molecule has 3 aromatic carbocycles. The number of hydrogen-bond donors (Lipinski definition) is 3. The Bertz CT molecular complexity index is 1560. The van der Waals surface area contributed by atoms with Crippen LogP contribution in [0.4, 0.5) is 0 Å². The van der Waals surface area contributed by atoms with Gasteiger partial charge in [0.2, 0.25) is 17.7 Å². The number of ether oxygens (including phenoxy) is 2. The third-order valence-electron chi connectivity index (χ3n) is 8.08. The fraction of sp³-hybridized carbons (Fsp3) is 0.314. The fourth-order valence-electron chi connectivity index (χ4n) is 5.41. The zero-order valence-corrected chi connectivity index (χ0v) is 25.1. The Labute approximate surface area is 257 Å². The molecule has 9 nitrogen and oxygen atoms in total. The molecule has 1 fully saturated rings. The van der Waals surface area contributed by atoms with Crippen LogP contribution in [0.2, 0.25) is 0 Å². The molecule has 2 aliphatic rings. The van der Waals surface area contributed by atoms with E-state index in [1.54, 1.807) is 26.2 Å². The molecule has 0 radical (unpaired) electrons. The second-order valence-electron chi connectivity index (χ2n) is 11.2. The maximum atomic E-state index is 13.7. The van der Waals surface area contributed by atoms with Gasteiger partial charge in [-0.3, -0.25) is 19.2 Å². The van der Waals surface area contributed by atoms with Crippen LogP contribution in [0.3, 0.4) is 0 Å². The van der Waals surface area contributed by atoms with Crippen LogP contribution in [0, 0.1) is 0 Å². The van der Waals surface area contributed by atoms with Crippen molar-refractivity contribution in [2.75, 3.05) is 13.7 Å². The molecule has 9 heteroatoms. The first-order chi connectivity index (χ1) is 21.2. The van der Waals surface area contributed by atoms with E-state index < -0.39 is 36.0 Å². The molecule has 5 rings (SSSR count). The van der Waals surface area contributed by atoms with Crippen molar-refractivity contribution in [1.82, 2.24) is 16.0 Å². The molecule has 1 aliphatic carbocycles. The van der Waals surface area contributed by atoms with Gasteiger partial charge < -0.3 is 25.4 Å². The van der Waals surface area contributed by atoms with Gasteiger partial charge in [-0.1, -0.05) is 66.7 Å². The first-order valence-corrected chi connectivity index (χ1v) is 14.7. The zero-order valence-electron chi connectivity index (χ0n) is 25.1. The Hall–Kier alpha value is -4.76. The smallest absolute Gasteiger partial charge is 0.248 e. The molecule has 0 spiro atoms. The summed E-state index contributed by atoms with van der Waals surface area (Å²) in [5, 5.41) is 8.49. The first-order valence-electron chi connectivity index (χ1n) is 14.7. The summed E-state index contributed by atoms with van der Waals surface area (Å²) >= 11 is 0. The van der Waals surface area contributed by atoms with Crippen LogP contribution in [-0.4, -0.2) is 61.5 Å². The van der Waals surface area contributed by atoms with Gasteiger partial charge in [-0.25, -0.2) is 0 Å². The van der Waals surface area contributed by atoms with Gasteiger partial charge in [0.25, 0.3) is 0 Å². The molecular weight excluding hydrogens is 558 g/mol. The Balaban J connectivity index is 1.30. The van der Waals surface area contributed by atoms with Crippen LogP contribution in [0.15, 0.2) is 84.4 Å². The lowest BCUT2D eigenvalue weighted by Crippen LogP contribution is -2.56. The van der Waals surface area contributed by atoms with Crippen LogP contribution >= 0.6 is 0 Å². The third-order valence-corrected chi connectivity index (χ3v) is 8.08. The number of Topliss-reactive ketones (excluding diaryl/α,β-unsaturated/α-hetero) is 1. The molecule has 3 N–H and O–H groups in total. The molecule has 1 saturated heterocycles. The van der Waals surface area contributed by atoms with Gasteiger partial charge in [0.15, 0.2) is 5.78 Å². The van der Waals surface area contributed by atoms with Crippen LogP contribution in [0.1, 0.15) is 36.1 Å². The van der Waals surface area contributed by atoms with Gasteiger partial charge in [-0.15, -0.1) is 0 Å². The molecule has 1 aliphatic heterocycles. The van der Waals surface area contributed by atoms with E-state index in [0.29, 0.717) is 24.4 Å². The molecule has 44 heavy (non-hydrogen) atoms. The highest BCUT2D eigenvalue weighted by Gasteiger charge is 2.38. The number of hydrogen-bond acceptors (Lipinski definition) is 6. The molecule has 3 aromatic rings. The normalized spacial score (nSPS) is 17.1. The Morgan fingerprint density at radius 2 is 1.43 bits per heavy atom. The molecule has 3 amide bonds. The minimum Gasteiger partial charge on any atom is -0.497 e. The first kappa shape index (κ1) is 30.7. The van der Waals surface area contributed by atoms with E-state index in [1.807, 2.05) is 73.7 Å². The Morgan fingerprint density at radius 3 is 2.09 bits per heavy atom. The van der Waals surface area contributed by atoms with Gasteiger partial charge in [0.05, 0.1) is 19.8 Å². The van der Waals surface area contributed by atoms with Crippen molar-refractivity contribution in [3.63, 3.8) is 0 Å². The minimum absolute atomic E-state index is 0.161. The lowest BCUT2D eigenvalue weighted by atomic mass is 9.99. The monoisotopic (exact) mass is 595 g/mol. The molecule has 0 unspecified atom stereocenters. The van der Waals surface area contributed by atoms with E-state index >= 15 is 0 Å². The number of epoxide rings is 1. The summed E-state index contributed by atoms with van der Waals surface area (Å²) in [6, 6.07) is 21.7. The zero-order chi connectivity index (χ0) is 31.2. The highest BCUT2D eigenvalue weighted by atomic mass is 16.6. The van der Waals surface area contributed by atoms with Crippen molar-refractivity contribution >= 4 is 29.1 Å². The van der Waals surface area contributed by atoms with E-state index in [0.717, 1.165) is 27.8 Å². The number of ketones is 1. The summed E-state index contributed by atoms with van der Waals surface area (Å²) in [5.41, 5.74) is 5.27. The van der Waals surface area contributed by atoms with Gasteiger partial charge in [-0.05, 0) is 60.2 Å². The van der Waals surface area contributed by atoms with Gasteiger partial charge >= 0.3 is 0 Å². The summed E-state index contributed by atoms with van der Waals surface area (Å²) < 4.78 is 10.5. The minimum atomic E-state index is -1.02. The maximum absolute atomic E-state index is 13.7. The highest BCUT2D eigenvalue weighted by Crippen LogP contribution is 2.32. The molecule has 4 atom stereocenters.